The minimum atomic E-state index is 0.0757. The molecule has 0 aromatic carbocycles. The summed E-state index contributed by atoms with van der Waals surface area (Å²) in [6.45, 7) is 11.9. The Labute approximate surface area is 129 Å². The number of nitrogens with zero attached hydrogens (tertiary/aromatic N) is 2. The third-order valence-electron chi connectivity index (χ3n) is 4.39. The maximum atomic E-state index is 12.3. The van der Waals surface area contributed by atoms with Gasteiger partial charge < -0.3 is 15.0 Å². The molecule has 2 aliphatic heterocycles. The first-order valence-electron chi connectivity index (χ1n) is 8.44. The summed E-state index contributed by atoms with van der Waals surface area (Å²) in [4.78, 5) is 16.7. The van der Waals surface area contributed by atoms with Gasteiger partial charge in [-0.05, 0) is 32.1 Å². The summed E-state index contributed by atoms with van der Waals surface area (Å²) in [6, 6.07) is 0.440. The Morgan fingerprint density at radius 2 is 2.14 bits per heavy atom. The van der Waals surface area contributed by atoms with Crippen LogP contribution < -0.4 is 5.32 Å². The molecule has 5 heteroatoms. The van der Waals surface area contributed by atoms with Crippen molar-refractivity contribution in [2.24, 2.45) is 5.92 Å². The van der Waals surface area contributed by atoms with Gasteiger partial charge in [0, 0.05) is 38.8 Å². The van der Waals surface area contributed by atoms with E-state index in [0.717, 1.165) is 45.6 Å². The average Bonchev–Trinajstić information content (AvgIpc) is 2.45. The van der Waals surface area contributed by atoms with Crippen LogP contribution in [0.5, 0.6) is 0 Å². The Kier molecular flexibility index (Phi) is 6.30. The smallest absolute Gasteiger partial charge is 0.317 e. The van der Waals surface area contributed by atoms with E-state index >= 15 is 0 Å². The number of rotatable bonds is 4. The number of hydrogen-bond donors (Lipinski definition) is 1. The van der Waals surface area contributed by atoms with Gasteiger partial charge >= 0.3 is 6.03 Å². The van der Waals surface area contributed by atoms with Crippen molar-refractivity contribution >= 4 is 6.03 Å². The van der Waals surface area contributed by atoms with Gasteiger partial charge in [0.25, 0.3) is 0 Å². The normalized spacial score (nSPS) is 27.9. The fraction of sp³-hybridized carbons (Fsp3) is 0.938. The second-order valence-corrected chi connectivity index (χ2v) is 6.87. The number of likely N-dealkylation sites (tertiary alicyclic amines) is 1. The summed E-state index contributed by atoms with van der Waals surface area (Å²) in [6.07, 6.45) is 3.61. The molecule has 2 heterocycles. The van der Waals surface area contributed by atoms with Gasteiger partial charge in [0.1, 0.15) is 0 Å². The largest absolute Gasteiger partial charge is 0.374 e. The van der Waals surface area contributed by atoms with Crippen molar-refractivity contribution < 1.29 is 9.53 Å². The van der Waals surface area contributed by atoms with Crippen LogP contribution in [0.25, 0.3) is 0 Å². The van der Waals surface area contributed by atoms with Gasteiger partial charge in [-0.15, -0.1) is 0 Å². The zero-order valence-corrected chi connectivity index (χ0v) is 13.8. The molecular weight excluding hydrogens is 266 g/mol. The molecular formula is C16H31N3O2. The molecule has 2 fully saturated rings. The topological polar surface area (TPSA) is 44.8 Å². The van der Waals surface area contributed by atoms with E-state index in [1.807, 2.05) is 4.90 Å². The summed E-state index contributed by atoms with van der Waals surface area (Å²) >= 11 is 0. The molecule has 2 saturated heterocycles. The zero-order valence-electron chi connectivity index (χ0n) is 13.8. The fourth-order valence-corrected chi connectivity index (χ4v) is 3.29. The Hall–Kier alpha value is -0.810. The number of carbonyl (C=O) groups is 1. The van der Waals surface area contributed by atoms with Crippen molar-refractivity contribution in [3.63, 3.8) is 0 Å². The third kappa shape index (κ3) is 5.15. The molecule has 0 spiro atoms. The maximum Gasteiger partial charge on any atom is 0.317 e. The average molecular weight is 297 g/mol. The predicted molar refractivity (Wildman–Crippen MR) is 84.4 cm³/mol. The molecule has 0 bridgehead atoms. The molecule has 1 N–H and O–H groups in total. The van der Waals surface area contributed by atoms with E-state index in [1.165, 1.54) is 6.42 Å². The molecule has 2 unspecified atom stereocenters. The van der Waals surface area contributed by atoms with Crippen LogP contribution in [0.4, 0.5) is 4.79 Å². The zero-order chi connectivity index (χ0) is 15.2. The number of piperidine rings is 1. The van der Waals surface area contributed by atoms with E-state index in [4.69, 9.17) is 4.74 Å². The SMILES string of the molecule is CC(C)CN1CCOC(CNC(=O)N2CCCCC2C)C1. The quantitative estimate of drug-likeness (QED) is 0.862. The Balaban J connectivity index is 1.73. The summed E-state index contributed by atoms with van der Waals surface area (Å²) in [5, 5.41) is 3.06. The monoisotopic (exact) mass is 297 g/mol. The van der Waals surface area contributed by atoms with Gasteiger partial charge in [0.05, 0.1) is 12.7 Å². The van der Waals surface area contributed by atoms with Crippen LogP contribution in [0, 0.1) is 5.92 Å². The Morgan fingerprint density at radius 1 is 1.33 bits per heavy atom. The number of hydrogen-bond acceptors (Lipinski definition) is 3. The summed E-state index contributed by atoms with van der Waals surface area (Å²) < 4.78 is 5.78. The highest BCUT2D eigenvalue weighted by Crippen LogP contribution is 2.16. The van der Waals surface area contributed by atoms with Crippen molar-refractivity contribution in [3.05, 3.63) is 0 Å². The minimum Gasteiger partial charge on any atom is -0.374 e. The second kappa shape index (κ2) is 7.99. The molecule has 2 amide bonds. The highest BCUT2D eigenvalue weighted by molar-refractivity contribution is 5.74. The lowest BCUT2D eigenvalue weighted by Crippen LogP contribution is -2.52. The summed E-state index contributed by atoms with van der Waals surface area (Å²) in [7, 11) is 0. The molecule has 0 aromatic rings. The van der Waals surface area contributed by atoms with Gasteiger partial charge in [0.2, 0.25) is 0 Å². The third-order valence-corrected chi connectivity index (χ3v) is 4.39. The number of morpholine rings is 1. The summed E-state index contributed by atoms with van der Waals surface area (Å²) in [5.74, 6) is 0.674. The fourth-order valence-electron chi connectivity index (χ4n) is 3.29. The van der Waals surface area contributed by atoms with Crippen LogP contribution in [0.3, 0.4) is 0 Å². The molecule has 2 rings (SSSR count). The van der Waals surface area contributed by atoms with Crippen molar-refractivity contribution in [2.45, 2.75) is 52.2 Å². The highest BCUT2D eigenvalue weighted by Gasteiger charge is 2.25. The van der Waals surface area contributed by atoms with Crippen LogP contribution in [0.2, 0.25) is 0 Å². The Morgan fingerprint density at radius 3 is 2.86 bits per heavy atom. The first kappa shape index (κ1) is 16.6. The van der Waals surface area contributed by atoms with Crippen LogP contribution in [-0.2, 0) is 4.74 Å². The molecule has 5 nitrogen and oxygen atoms in total. The lowest BCUT2D eigenvalue weighted by Gasteiger charge is -2.36. The van der Waals surface area contributed by atoms with E-state index in [9.17, 15) is 4.79 Å². The van der Waals surface area contributed by atoms with Crippen LogP contribution in [-0.4, -0.2) is 67.3 Å². The molecule has 21 heavy (non-hydrogen) atoms. The van der Waals surface area contributed by atoms with Crippen LogP contribution >= 0.6 is 0 Å². The first-order valence-corrected chi connectivity index (χ1v) is 8.44. The van der Waals surface area contributed by atoms with Gasteiger partial charge in [-0.3, -0.25) is 4.90 Å². The number of ether oxygens (including phenoxy) is 1. The van der Waals surface area contributed by atoms with E-state index in [1.54, 1.807) is 0 Å². The maximum absolute atomic E-state index is 12.3. The van der Waals surface area contributed by atoms with E-state index in [0.29, 0.717) is 18.5 Å². The predicted octanol–water partition coefficient (Wildman–Crippen LogP) is 1.93. The van der Waals surface area contributed by atoms with E-state index < -0.39 is 0 Å². The lowest BCUT2D eigenvalue weighted by atomic mass is 10.0. The van der Waals surface area contributed by atoms with Crippen LogP contribution in [0.15, 0.2) is 0 Å². The van der Waals surface area contributed by atoms with E-state index in [2.05, 4.69) is 31.0 Å². The van der Waals surface area contributed by atoms with Crippen LogP contribution in [0.1, 0.15) is 40.0 Å². The van der Waals surface area contributed by atoms with Crippen molar-refractivity contribution in [1.82, 2.24) is 15.1 Å². The minimum absolute atomic E-state index is 0.0757. The standard InChI is InChI=1S/C16H31N3O2/c1-13(2)11-18-8-9-21-15(12-18)10-17-16(20)19-7-5-4-6-14(19)3/h13-15H,4-12H2,1-3H3,(H,17,20). The Bertz CT molecular complexity index is 335. The van der Waals surface area contributed by atoms with Crippen molar-refractivity contribution in [2.75, 3.05) is 39.3 Å². The van der Waals surface area contributed by atoms with E-state index in [-0.39, 0.29) is 12.1 Å². The number of urea groups is 1. The van der Waals surface area contributed by atoms with Crippen molar-refractivity contribution in [1.29, 1.82) is 0 Å². The van der Waals surface area contributed by atoms with Gasteiger partial charge in [-0.1, -0.05) is 13.8 Å². The molecule has 0 saturated carbocycles. The van der Waals surface area contributed by atoms with Crippen molar-refractivity contribution in [3.8, 4) is 0 Å². The lowest BCUT2D eigenvalue weighted by molar-refractivity contribution is -0.0296. The number of amides is 2. The van der Waals surface area contributed by atoms with Gasteiger partial charge in [0.15, 0.2) is 0 Å². The molecule has 122 valence electrons. The summed E-state index contributed by atoms with van der Waals surface area (Å²) in [5.41, 5.74) is 0. The first-order chi connectivity index (χ1) is 10.1. The second-order valence-electron chi connectivity index (χ2n) is 6.87. The van der Waals surface area contributed by atoms with Gasteiger partial charge in [-0.2, -0.15) is 0 Å². The molecule has 0 radical (unpaired) electrons. The molecule has 2 aliphatic rings. The highest BCUT2D eigenvalue weighted by atomic mass is 16.5. The molecule has 2 atom stereocenters. The number of nitrogens with one attached hydrogen (secondary N) is 1. The molecule has 0 aromatic heterocycles. The molecule has 0 aliphatic carbocycles. The van der Waals surface area contributed by atoms with Gasteiger partial charge in [-0.25, -0.2) is 4.79 Å². The number of carbonyl (C=O) groups excluding carboxylic acids is 1.